The Morgan fingerprint density at radius 2 is 1.88 bits per heavy atom. The second-order valence-electron chi connectivity index (χ2n) is 4.47. The van der Waals surface area contributed by atoms with Gasteiger partial charge in [0, 0.05) is 24.7 Å². The Kier molecular flexibility index (Phi) is 7.25. The molecule has 0 amide bonds. The lowest BCUT2D eigenvalue weighted by molar-refractivity contribution is 0.324. The molecule has 0 fully saturated rings. The summed E-state index contributed by atoms with van der Waals surface area (Å²) in [6.07, 6.45) is 2.52. The lowest BCUT2D eigenvalue weighted by atomic mass is 10.2. The standard InChI is InChI=1S/C14H23ClN2/c1-3-4-9-16-10-11-17(2)12-13-5-7-14(15)8-6-13/h5-8,16H,3-4,9-12H2,1-2H3. The Morgan fingerprint density at radius 1 is 1.18 bits per heavy atom. The summed E-state index contributed by atoms with van der Waals surface area (Å²) in [6.45, 7) is 6.46. The van der Waals surface area contributed by atoms with Crippen molar-refractivity contribution in [1.29, 1.82) is 0 Å². The maximum atomic E-state index is 5.86. The Balaban J connectivity index is 2.16. The molecule has 3 heteroatoms. The van der Waals surface area contributed by atoms with E-state index in [0.29, 0.717) is 0 Å². The second kappa shape index (κ2) is 8.51. The minimum Gasteiger partial charge on any atom is -0.315 e. The van der Waals surface area contributed by atoms with Crippen LogP contribution in [0.3, 0.4) is 0 Å². The second-order valence-corrected chi connectivity index (χ2v) is 4.90. The van der Waals surface area contributed by atoms with Crippen LogP contribution in [0.5, 0.6) is 0 Å². The van der Waals surface area contributed by atoms with E-state index in [2.05, 4.69) is 36.3 Å². The molecule has 0 radical (unpaired) electrons. The molecule has 0 spiro atoms. The number of hydrogen-bond acceptors (Lipinski definition) is 2. The fraction of sp³-hybridized carbons (Fsp3) is 0.571. The first-order valence-corrected chi connectivity index (χ1v) is 6.74. The highest BCUT2D eigenvalue weighted by Crippen LogP contribution is 2.10. The molecule has 2 nitrogen and oxygen atoms in total. The molecule has 0 atom stereocenters. The zero-order valence-electron chi connectivity index (χ0n) is 10.9. The van der Waals surface area contributed by atoms with Crippen LogP contribution in [-0.2, 0) is 6.54 Å². The molecule has 17 heavy (non-hydrogen) atoms. The molecule has 1 aromatic rings. The molecule has 1 N–H and O–H groups in total. The van der Waals surface area contributed by atoms with Gasteiger partial charge in [0.05, 0.1) is 0 Å². The highest BCUT2D eigenvalue weighted by atomic mass is 35.5. The fourth-order valence-corrected chi connectivity index (χ4v) is 1.80. The summed E-state index contributed by atoms with van der Waals surface area (Å²) in [4.78, 5) is 2.32. The molecule has 0 aliphatic heterocycles. The third kappa shape index (κ3) is 6.67. The van der Waals surface area contributed by atoms with Gasteiger partial charge in [-0.1, -0.05) is 37.1 Å². The molecule has 0 aliphatic rings. The summed E-state index contributed by atoms with van der Waals surface area (Å²) in [6, 6.07) is 8.07. The van der Waals surface area contributed by atoms with Crippen molar-refractivity contribution >= 4 is 11.6 Å². The van der Waals surface area contributed by atoms with E-state index in [1.54, 1.807) is 0 Å². The van der Waals surface area contributed by atoms with Gasteiger partial charge in [-0.3, -0.25) is 0 Å². The van der Waals surface area contributed by atoms with Crippen molar-refractivity contribution in [3.63, 3.8) is 0 Å². The monoisotopic (exact) mass is 254 g/mol. The third-order valence-corrected chi connectivity index (χ3v) is 3.00. The molecule has 1 rings (SSSR count). The van der Waals surface area contributed by atoms with Crippen molar-refractivity contribution in [2.24, 2.45) is 0 Å². The number of benzene rings is 1. The van der Waals surface area contributed by atoms with E-state index < -0.39 is 0 Å². The molecule has 0 unspecified atom stereocenters. The van der Waals surface area contributed by atoms with Gasteiger partial charge in [-0.15, -0.1) is 0 Å². The van der Waals surface area contributed by atoms with E-state index in [1.165, 1.54) is 18.4 Å². The minimum atomic E-state index is 0.803. The number of nitrogens with one attached hydrogen (secondary N) is 1. The van der Waals surface area contributed by atoms with Gasteiger partial charge in [0.15, 0.2) is 0 Å². The van der Waals surface area contributed by atoms with Crippen LogP contribution in [0.15, 0.2) is 24.3 Å². The molecule has 0 bridgehead atoms. The Bertz CT molecular complexity index is 298. The lowest BCUT2D eigenvalue weighted by Crippen LogP contribution is -2.29. The van der Waals surface area contributed by atoms with E-state index in [4.69, 9.17) is 11.6 Å². The highest BCUT2D eigenvalue weighted by Gasteiger charge is 1.99. The molecular formula is C14H23ClN2. The quantitative estimate of drug-likeness (QED) is 0.717. The van der Waals surface area contributed by atoms with Crippen LogP contribution in [0.2, 0.25) is 5.02 Å². The van der Waals surface area contributed by atoms with Gasteiger partial charge >= 0.3 is 0 Å². The van der Waals surface area contributed by atoms with Crippen LogP contribution in [0.25, 0.3) is 0 Å². The van der Waals surface area contributed by atoms with Crippen molar-refractivity contribution in [3.8, 4) is 0 Å². The summed E-state index contributed by atoms with van der Waals surface area (Å²) in [5.74, 6) is 0. The third-order valence-electron chi connectivity index (χ3n) is 2.74. The van der Waals surface area contributed by atoms with Crippen LogP contribution in [0.1, 0.15) is 25.3 Å². The van der Waals surface area contributed by atoms with Gasteiger partial charge in [-0.25, -0.2) is 0 Å². The molecule has 0 saturated carbocycles. The summed E-state index contributed by atoms with van der Waals surface area (Å²) >= 11 is 5.86. The summed E-state index contributed by atoms with van der Waals surface area (Å²) in [7, 11) is 2.15. The van der Waals surface area contributed by atoms with Gasteiger partial charge in [-0.05, 0) is 37.7 Å². The Hall–Kier alpha value is -0.570. The zero-order chi connectivity index (χ0) is 12.5. The molecule has 0 aliphatic carbocycles. The van der Waals surface area contributed by atoms with Crippen molar-refractivity contribution in [2.75, 3.05) is 26.7 Å². The van der Waals surface area contributed by atoms with Gasteiger partial charge in [0.1, 0.15) is 0 Å². The molecule has 1 aromatic carbocycles. The smallest absolute Gasteiger partial charge is 0.0406 e. The maximum absolute atomic E-state index is 5.86. The van der Waals surface area contributed by atoms with Crippen LogP contribution < -0.4 is 5.32 Å². The fourth-order valence-electron chi connectivity index (χ4n) is 1.68. The first kappa shape index (κ1) is 14.5. The van der Waals surface area contributed by atoms with E-state index in [9.17, 15) is 0 Å². The number of hydrogen-bond donors (Lipinski definition) is 1. The highest BCUT2D eigenvalue weighted by molar-refractivity contribution is 6.30. The number of rotatable bonds is 8. The van der Waals surface area contributed by atoms with Gasteiger partial charge in [-0.2, -0.15) is 0 Å². The molecular weight excluding hydrogens is 232 g/mol. The van der Waals surface area contributed by atoms with Gasteiger partial charge < -0.3 is 10.2 Å². The SMILES string of the molecule is CCCCNCCN(C)Cc1ccc(Cl)cc1. The number of nitrogens with zero attached hydrogens (tertiary/aromatic N) is 1. The zero-order valence-corrected chi connectivity index (χ0v) is 11.6. The molecule has 0 heterocycles. The van der Waals surface area contributed by atoms with Gasteiger partial charge in [0.2, 0.25) is 0 Å². The van der Waals surface area contributed by atoms with E-state index in [1.807, 2.05) is 12.1 Å². The molecule has 0 saturated heterocycles. The van der Waals surface area contributed by atoms with Gasteiger partial charge in [0.25, 0.3) is 0 Å². The Labute approximate surface area is 110 Å². The Morgan fingerprint density at radius 3 is 2.53 bits per heavy atom. The predicted octanol–water partition coefficient (Wildman–Crippen LogP) is 3.16. The number of unbranched alkanes of at least 4 members (excludes halogenated alkanes) is 1. The molecule has 0 aromatic heterocycles. The minimum absolute atomic E-state index is 0.803. The maximum Gasteiger partial charge on any atom is 0.0406 e. The van der Waals surface area contributed by atoms with E-state index >= 15 is 0 Å². The normalized spacial score (nSPS) is 11.1. The first-order valence-electron chi connectivity index (χ1n) is 6.36. The van der Waals surface area contributed by atoms with Crippen LogP contribution in [0.4, 0.5) is 0 Å². The predicted molar refractivity (Wildman–Crippen MR) is 75.6 cm³/mol. The van der Waals surface area contributed by atoms with Crippen molar-refractivity contribution in [1.82, 2.24) is 10.2 Å². The largest absolute Gasteiger partial charge is 0.315 e. The van der Waals surface area contributed by atoms with Crippen LogP contribution in [0, 0.1) is 0 Å². The average molecular weight is 255 g/mol. The first-order chi connectivity index (χ1) is 8.22. The summed E-state index contributed by atoms with van der Waals surface area (Å²) < 4.78 is 0. The van der Waals surface area contributed by atoms with Crippen molar-refractivity contribution < 1.29 is 0 Å². The summed E-state index contributed by atoms with van der Waals surface area (Å²) in [5, 5.41) is 4.25. The van der Waals surface area contributed by atoms with Crippen LogP contribution >= 0.6 is 11.6 Å². The van der Waals surface area contributed by atoms with E-state index in [0.717, 1.165) is 31.2 Å². The lowest BCUT2D eigenvalue weighted by Gasteiger charge is -2.17. The summed E-state index contributed by atoms with van der Waals surface area (Å²) in [5.41, 5.74) is 1.31. The number of halogens is 1. The average Bonchev–Trinajstić information content (AvgIpc) is 2.32. The van der Waals surface area contributed by atoms with Crippen LogP contribution in [-0.4, -0.2) is 31.6 Å². The molecule has 96 valence electrons. The van der Waals surface area contributed by atoms with Crippen molar-refractivity contribution in [2.45, 2.75) is 26.3 Å². The number of likely N-dealkylation sites (N-methyl/N-ethyl adjacent to an activating group) is 1. The van der Waals surface area contributed by atoms with E-state index in [-0.39, 0.29) is 0 Å². The topological polar surface area (TPSA) is 15.3 Å². The van der Waals surface area contributed by atoms with Crippen molar-refractivity contribution in [3.05, 3.63) is 34.9 Å².